The van der Waals surface area contributed by atoms with E-state index < -0.39 is 17.2 Å². The van der Waals surface area contributed by atoms with E-state index in [1.165, 1.54) is 13.2 Å². The second-order valence-corrected chi connectivity index (χ2v) is 7.38. The first-order valence-corrected chi connectivity index (χ1v) is 9.95. The number of nitrogens with one attached hydrogen (secondary N) is 1. The third-order valence-corrected chi connectivity index (χ3v) is 5.13. The van der Waals surface area contributed by atoms with E-state index in [0.717, 1.165) is 15.7 Å². The lowest BCUT2D eigenvalue weighted by Gasteiger charge is -2.26. The predicted molar refractivity (Wildman–Crippen MR) is 119 cm³/mol. The van der Waals surface area contributed by atoms with Gasteiger partial charge in [0.05, 0.1) is 31.3 Å². The van der Waals surface area contributed by atoms with Gasteiger partial charge < -0.3 is 14.4 Å². The minimum Gasteiger partial charge on any atom is -0.481 e. The van der Waals surface area contributed by atoms with Crippen LogP contribution in [-0.4, -0.2) is 41.2 Å². The number of anilines is 1. The highest BCUT2D eigenvalue weighted by Crippen LogP contribution is 2.23. The zero-order valence-electron chi connectivity index (χ0n) is 17.7. The summed E-state index contributed by atoms with van der Waals surface area (Å²) in [6, 6.07) is 12.6. The van der Waals surface area contributed by atoms with Crippen molar-refractivity contribution in [1.82, 2.24) is 14.5 Å². The summed E-state index contributed by atoms with van der Waals surface area (Å²) in [5.41, 5.74) is 1.13. The standard InChI is InChI=1S/C23H22N4O5/c1-26-13-17(22(29)32-14-16-8-9-24-19(10-16)31-2)11-18-20(26)25-23(30)27(21(18)28)12-15-6-4-3-5-7-15/h3-11H,12-14H2,1-2H3,(H,25,30). The summed E-state index contributed by atoms with van der Waals surface area (Å²) < 4.78 is 11.6. The van der Waals surface area contributed by atoms with Crippen molar-refractivity contribution < 1.29 is 14.3 Å². The van der Waals surface area contributed by atoms with Crippen LogP contribution in [0.15, 0.2) is 63.8 Å². The Hall–Kier alpha value is -4.14. The van der Waals surface area contributed by atoms with Crippen LogP contribution in [0.25, 0.3) is 6.08 Å². The second kappa shape index (κ2) is 8.93. The molecule has 1 aliphatic rings. The van der Waals surface area contributed by atoms with Crippen LogP contribution < -0.4 is 20.9 Å². The third kappa shape index (κ3) is 4.31. The lowest BCUT2D eigenvalue weighted by molar-refractivity contribution is -0.140. The van der Waals surface area contributed by atoms with E-state index in [4.69, 9.17) is 9.47 Å². The highest BCUT2D eigenvalue weighted by molar-refractivity contribution is 5.97. The number of ether oxygens (including phenoxy) is 2. The average molecular weight is 434 g/mol. The third-order valence-electron chi connectivity index (χ3n) is 5.13. The van der Waals surface area contributed by atoms with Gasteiger partial charge in [-0.25, -0.2) is 14.6 Å². The van der Waals surface area contributed by atoms with Gasteiger partial charge in [0.25, 0.3) is 5.56 Å². The summed E-state index contributed by atoms with van der Waals surface area (Å²) in [5, 5.41) is 0. The summed E-state index contributed by atoms with van der Waals surface area (Å²) in [5.74, 6) is 0.255. The summed E-state index contributed by atoms with van der Waals surface area (Å²) in [7, 11) is 3.21. The molecule has 2 aromatic heterocycles. The Balaban J connectivity index is 1.60. The second-order valence-electron chi connectivity index (χ2n) is 7.38. The lowest BCUT2D eigenvalue weighted by Crippen LogP contribution is -2.41. The molecule has 1 aromatic carbocycles. The summed E-state index contributed by atoms with van der Waals surface area (Å²) in [4.78, 5) is 46.8. The fraction of sp³-hybridized carbons (Fsp3) is 0.217. The molecule has 0 fully saturated rings. The smallest absolute Gasteiger partial charge is 0.336 e. The highest BCUT2D eigenvalue weighted by Gasteiger charge is 2.25. The maximum absolute atomic E-state index is 13.1. The van der Waals surface area contributed by atoms with Gasteiger partial charge in [0.15, 0.2) is 0 Å². The van der Waals surface area contributed by atoms with Crippen molar-refractivity contribution in [3.05, 3.63) is 91.8 Å². The number of H-pyrrole nitrogens is 1. The van der Waals surface area contributed by atoms with Gasteiger partial charge in [0.1, 0.15) is 12.4 Å². The quantitative estimate of drug-likeness (QED) is 0.587. The number of hydrogen-bond donors (Lipinski definition) is 1. The fourth-order valence-electron chi connectivity index (χ4n) is 3.49. The Morgan fingerprint density at radius 1 is 1.16 bits per heavy atom. The number of hydrogen-bond acceptors (Lipinski definition) is 7. The van der Waals surface area contributed by atoms with E-state index in [0.29, 0.717) is 17.3 Å². The normalized spacial score (nSPS) is 12.7. The first kappa shape index (κ1) is 21.1. The van der Waals surface area contributed by atoms with Gasteiger partial charge in [0.2, 0.25) is 5.88 Å². The Morgan fingerprint density at radius 2 is 1.94 bits per heavy atom. The monoisotopic (exact) mass is 434 g/mol. The van der Waals surface area contributed by atoms with Crippen molar-refractivity contribution in [1.29, 1.82) is 0 Å². The molecule has 0 aliphatic carbocycles. The molecule has 9 heteroatoms. The van der Waals surface area contributed by atoms with E-state index in [2.05, 4.69) is 9.97 Å². The SMILES string of the molecule is COc1cc(COC(=O)C2=Cc3c([nH]c(=O)n(Cc4ccccc4)c3=O)N(C)C2)ccn1. The minimum absolute atomic E-state index is 0.0372. The van der Waals surface area contributed by atoms with Crippen molar-refractivity contribution in [2.24, 2.45) is 0 Å². The molecule has 0 spiro atoms. The molecule has 0 radical (unpaired) electrons. The molecule has 0 amide bonds. The first-order valence-electron chi connectivity index (χ1n) is 9.95. The number of aromatic amines is 1. The number of fused-ring (bicyclic) bond motifs is 1. The Labute approximate surface area is 183 Å². The van der Waals surface area contributed by atoms with E-state index in [1.54, 1.807) is 30.3 Å². The average Bonchev–Trinajstić information content (AvgIpc) is 2.81. The number of benzene rings is 1. The van der Waals surface area contributed by atoms with Gasteiger partial charge in [-0.05, 0) is 23.3 Å². The maximum atomic E-state index is 13.1. The number of pyridine rings is 1. The van der Waals surface area contributed by atoms with Crippen LogP contribution in [0.2, 0.25) is 0 Å². The van der Waals surface area contributed by atoms with Crippen LogP contribution in [0.1, 0.15) is 16.7 Å². The predicted octanol–water partition coefficient (Wildman–Crippen LogP) is 1.57. The van der Waals surface area contributed by atoms with Gasteiger partial charge in [-0.1, -0.05) is 30.3 Å². The van der Waals surface area contributed by atoms with E-state index >= 15 is 0 Å². The maximum Gasteiger partial charge on any atom is 0.336 e. The molecule has 4 rings (SSSR count). The molecule has 164 valence electrons. The minimum atomic E-state index is -0.543. The van der Waals surface area contributed by atoms with Crippen molar-refractivity contribution in [3.63, 3.8) is 0 Å². The molecule has 3 aromatic rings. The Morgan fingerprint density at radius 3 is 2.69 bits per heavy atom. The number of carbonyl (C=O) groups is 1. The molecule has 0 saturated heterocycles. The van der Waals surface area contributed by atoms with E-state index in [9.17, 15) is 14.4 Å². The van der Waals surface area contributed by atoms with Crippen LogP contribution in [-0.2, 0) is 22.7 Å². The van der Waals surface area contributed by atoms with Crippen molar-refractivity contribution in [2.45, 2.75) is 13.2 Å². The van der Waals surface area contributed by atoms with Crippen LogP contribution in [0, 0.1) is 0 Å². The number of rotatable bonds is 6. The van der Waals surface area contributed by atoms with Gasteiger partial charge in [-0.2, -0.15) is 0 Å². The largest absolute Gasteiger partial charge is 0.481 e. The van der Waals surface area contributed by atoms with E-state index in [-0.39, 0.29) is 25.3 Å². The van der Waals surface area contributed by atoms with Crippen molar-refractivity contribution in [2.75, 3.05) is 25.6 Å². The molecule has 0 atom stereocenters. The molecule has 0 saturated carbocycles. The zero-order valence-corrected chi connectivity index (χ0v) is 17.7. The van der Waals surface area contributed by atoms with Crippen molar-refractivity contribution in [3.8, 4) is 5.88 Å². The zero-order chi connectivity index (χ0) is 22.7. The molecule has 9 nitrogen and oxygen atoms in total. The van der Waals surface area contributed by atoms with Gasteiger partial charge >= 0.3 is 11.7 Å². The van der Waals surface area contributed by atoms with Crippen LogP contribution in [0.3, 0.4) is 0 Å². The highest BCUT2D eigenvalue weighted by atomic mass is 16.5. The van der Waals surface area contributed by atoms with Crippen LogP contribution >= 0.6 is 0 Å². The number of carbonyl (C=O) groups excluding carboxylic acids is 1. The Bertz CT molecular complexity index is 1290. The van der Waals surface area contributed by atoms with Crippen molar-refractivity contribution >= 4 is 17.9 Å². The van der Waals surface area contributed by atoms with Crippen LogP contribution in [0.5, 0.6) is 5.88 Å². The van der Waals surface area contributed by atoms with Gasteiger partial charge in [0, 0.05) is 19.3 Å². The van der Waals surface area contributed by atoms with Gasteiger partial charge in [-0.3, -0.25) is 14.3 Å². The molecular weight excluding hydrogens is 412 g/mol. The molecule has 3 heterocycles. The summed E-state index contributed by atoms with van der Waals surface area (Å²) in [6.07, 6.45) is 3.06. The number of nitrogens with zero attached hydrogens (tertiary/aromatic N) is 3. The number of aromatic nitrogens is 3. The van der Waals surface area contributed by atoms with Gasteiger partial charge in [-0.15, -0.1) is 0 Å². The molecule has 32 heavy (non-hydrogen) atoms. The number of esters is 1. The topological polar surface area (TPSA) is 107 Å². The van der Waals surface area contributed by atoms with E-state index in [1.807, 2.05) is 30.3 Å². The first-order chi connectivity index (χ1) is 15.5. The Kier molecular flexibility index (Phi) is 5.89. The van der Waals surface area contributed by atoms with Crippen LogP contribution in [0.4, 0.5) is 5.82 Å². The number of methoxy groups -OCH3 is 1. The molecular formula is C23H22N4O5. The molecule has 1 N–H and O–H groups in total. The molecule has 1 aliphatic heterocycles. The lowest BCUT2D eigenvalue weighted by atomic mass is 10.1. The molecule has 0 bridgehead atoms. The summed E-state index contributed by atoms with van der Waals surface area (Å²) >= 11 is 0. The fourth-order valence-corrected chi connectivity index (χ4v) is 3.49. The summed E-state index contributed by atoms with van der Waals surface area (Å²) in [6.45, 7) is 0.364. The molecule has 0 unspecified atom stereocenters. The number of likely N-dealkylation sites (N-methyl/N-ethyl adjacent to an activating group) is 1.